The quantitative estimate of drug-likeness (QED) is 0.179. The van der Waals surface area contributed by atoms with Gasteiger partial charge >= 0.3 is 0 Å². The average Bonchev–Trinajstić information content (AvgIpc) is 3.29. The van der Waals surface area contributed by atoms with E-state index in [-0.39, 0.29) is 12.3 Å². The number of aromatic nitrogens is 2. The second-order valence-corrected chi connectivity index (χ2v) is 9.65. The van der Waals surface area contributed by atoms with E-state index in [1.165, 1.54) is 9.13 Å². The standard InChI is InChI=1S/C28H29IN4O2/c29-24-8-4-5-22(17-24)20-33-16-15-31-27(33)18-28(35)32-25-11-9-21(10-12-25)13-14-30-19-26(34)23-6-2-1-3-7-23/h1-12,15-17,26,30,34H,13-14,18-20H2,(H,32,35). The van der Waals surface area contributed by atoms with Crippen molar-refractivity contribution in [3.05, 3.63) is 117 Å². The molecular formula is C28H29IN4O2. The number of anilines is 1. The van der Waals surface area contributed by atoms with Crippen molar-refractivity contribution in [1.29, 1.82) is 0 Å². The fourth-order valence-corrected chi connectivity index (χ4v) is 4.46. The molecule has 3 aromatic carbocycles. The van der Waals surface area contributed by atoms with Crippen molar-refractivity contribution in [2.24, 2.45) is 0 Å². The van der Waals surface area contributed by atoms with E-state index in [4.69, 9.17) is 0 Å². The fraction of sp³-hybridized carbons (Fsp3) is 0.214. The highest BCUT2D eigenvalue weighted by Crippen LogP contribution is 2.14. The predicted octanol–water partition coefficient (Wildman–Crippen LogP) is 4.58. The van der Waals surface area contributed by atoms with E-state index in [0.29, 0.717) is 13.1 Å². The molecule has 1 unspecified atom stereocenters. The van der Waals surface area contributed by atoms with Gasteiger partial charge < -0.3 is 20.3 Å². The molecular weight excluding hydrogens is 551 g/mol. The van der Waals surface area contributed by atoms with Crippen molar-refractivity contribution in [3.8, 4) is 0 Å². The van der Waals surface area contributed by atoms with Crippen LogP contribution in [-0.4, -0.2) is 33.7 Å². The minimum atomic E-state index is -0.513. The van der Waals surface area contributed by atoms with Crippen molar-refractivity contribution in [2.75, 3.05) is 18.4 Å². The Hall–Kier alpha value is -3.01. The summed E-state index contributed by atoms with van der Waals surface area (Å²) in [6, 6.07) is 25.8. The van der Waals surface area contributed by atoms with Gasteiger partial charge in [-0.2, -0.15) is 0 Å². The van der Waals surface area contributed by atoms with Crippen LogP contribution in [-0.2, 0) is 24.2 Å². The van der Waals surface area contributed by atoms with Crippen molar-refractivity contribution in [1.82, 2.24) is 14.9 Å². The average molecular weight is 580 g/mol. The first-order valence-corrected chi connectivity index (χ1v) is 12.7. The largest absolute Gasteiger partial charge is 0.387 e. The minimum Gasteiger partial charge on any atom is -0.387 e. The van der Waals surface area contributed by atoms with Crippen LogP contribution in [0.25, 0.3) is 0 Å². The number of nitrogens with one attached hydrogen (secondary N) is 2. The third kappa shape index (κ3) is 7.74. The summed E-state index contributed by atoms with van der Waals surface area (Å²) in [5.41, 5.74) is 4.02. The summed E-state index contributed by atoms with van der Waals surface area (Å²) in [7, 11) is 0. The molecule has 1 atom stereocenters. The monoisotopic (exact) mass is 580 g/mol. The molecule has 1 aromatic heterocycles. The molecule has 0 aliphatic carbocycles. The highest BCUT2D eigenvalue weighted by Gasteiger charge is 2.11. The number of benzene rings is 3. The Morgan fingerprint density at radius 1 is 1.00 bits per heavy atom. The van der Waals surface area contributed by atoms with Gasteiger partial charge in [-0.05, 0) is 76.5 Å². The number of rotatable bonds is 11. The fourth-order valence-electron chi connectivity index (χ4n) is 3.85. The molecule has 0 spiro atoms. The number of nitrogens with zero attached hydrogens (tertiary/aromatic N) is 2. The molecule has 0 saturated heterocycles. The number of aliphatic hydroxyl groups is 1. The molecule has 1 heterocycles. The Bertz CT molecular complexity index is 1230. The van der Waals surface area contributed by atoms with Gasteiger partial charge in [-0.15, -0.1) is 0 Å². The van der Waals surface area contributed by atoms with Gasteiger partial charge in [-0.25, -0.2) is 4.98 Å². The van der Waals surface area contributed by atoms with E-state index in [1.807, 2.05) is 71.4 Å². The third-order valence-electron chi connectivity index (χ3n) is 5.71. The lowest BCUT2D eigenvalue weighted by atomic mass is 10.1. The number of carbonyl (C=O) groups excluding carboxylic acids is 1. The highest BCUT2D eigenvalue weighted by molar-refractivity contribution is 14.1. The molecule has 6 nitrogen and oxygen atoms in total. The number of amides is 1. The summed E-state index contributed by atoms with van der Waals surface area (Å²) in [4.78, 5) is 17.0. The van der Waals surface area contributed by atoms with Crippen LogP contribution in [0.4, 0.5) is 5.69 Å². The molecule has 4 aromatic rings. The molecule has 0 fully saturated rings. The maximum absolute atomic E-state index is 12.6. The molecule has 7 heteroatoms. The Kier molecular flexibility index (Phi) is 9.05. The molecule has 0 bridgehead atoms. The molecule has 1 amide bonds. The summed E-state index contributed by atoms with van der Waals surface area (Å²) < 4.78 is 3.19. The SMILES string of the molecule is O=C(Cc1nccn1Cc1cccc(I)c1)Nc1ccc(CCNCC(O)c2ccccc2)cc1. The third-order valence-corrected chi connectivity index (χ3v) is 6.38. The molecule has 35 heavy (non-hydrogen) atoms. The zero-order valence-electron chi connectivity index (χ0n) is 19.4. The normalized spacial score (nSPS) is 11.8. The summed E-state index contributed by atoms with van der Waals surface area (Å²) in [6.45, 7) is 1.96. The summed E-state index contributed by atoms with van der Waals surface area (Å²) in [5.74, 6) is 0.645. The predicted molar refractivity (Wildman–Crippen MR) is 147 cm³/mol. The van der Waals surface area contributed by atoms with E-state index >= 15 is 0 Å². The van der Waals surface area contributed by atoms with Crippen LogP contribution in [0.15, 0.2) is 91.3 Å². The number of hydrogen-bond acceptors (Lipinski definition) is 4. The van der Waals surface area contributed by atoms with E-state index < -0.39 is 6.10 Å². The van der Waals surface area contributed by atoms with Gasteiger partial charge in [0.2, 0.25) is 5.91 Å². The lowest BCUT2D eigenvalue weighted by Gasteiger charge is -2.12. The summed E-state index contributed by atoms with van der Waals surface area (Å²) >= 11 is 2.30. The van der Waals surface area contributed by atoms with Gasteiger partial charge in [-0.1, -0.05) is 54.6 Å². The molecule has 0 radical (unpaired) electrons. The van der Waals surface area contributed by atoms with Crippen LogP contribution in [0.5, 0.6) is 0 Å². The lowest BCUT2D eigenvalue weighted by Crippen LogP contribution is -2.23. The van der Waals surface area contributed by atoms with Crippen LogP contribution in [0, 0.1) is 3.57 Å². The highest BCUT2D eigenvalue weighted by atomic mass is 127. The van der Waals surface area contributed by atoms with Crippen molar-refractivity contribution >= 4 is 34.2 Å². The number of imidazole rings is 1. The van der Waals surface area contributed by atoms with Crippen molar-refractivity contribution in [3.63, 3.8) is 0 Å². The second-order valence-electron chi connectivity index (χ2n) is 8.40. The first kappa shape index (κ1) is 25.1. The topological polar surface area (TPSA) is 79.2 Å². The maximum Gasteiger partial charge on any atom is 0.231 e. The van der Waals surface area contributed by atoms with Crippen molar-refractivity contribution < 1.29 is 9.90 Å². The Morgan fingerprint density at radius 3 is 2.57 bits per heavy atom. The summed E-state index contributed by atoms with van der Waals surface area (Å²) in [6.07, 6.45) is 4.18. The summed E-state index contributed by atoms with van der Waals surface area (Å²) in [5, 5.41) is 16.5. The zero-order valence-corrected chi connectivity index (χ0v) is 21.6. The van der Waals surface area contributed by atoms with Crippen LogP contribution in [0.2, 0.25) is 0 Å². The van der Waals surface area contributed by atoms with Gasteiger partial charge in [-0.3, -0.25) is 4.79 Å². The van der Waals surface area contributed by atoms with E-state index in [0.717, 1.165) is 35.6 Å². The maximum atomic E-state index is 12.6. The van der Waals surface area contributed by atoms with Crippen LogP contribution in [0.1, 0.15) is 28.6 Å². The van der Waals surface area contributed by atoms with E-state index in [2.05, 4.69) is 56.4 Å². The number of carbonyl (C=O) groups is 1. The Morgan fingerprint density at radius 2 is 1.80 bits per heavy atom. The second kappa shape index (κ2) is 12.6. The van der Waals surface area contributed by atoms with Gasteiger partial charge in [0.15, 0.2) is 0 Å². The molecule has 3 N–H and O–H groups in total. The molecule has 0 aliphatic heterocycles. The molecule has 0 aliphatic rings. The van der Waals surface area contributed by atoms with E-state index in [9.17, 15) is 9.90 Å². The number of hydrogen-bond donors (Lipinski definition) is 3. The molecule has 4 rings (SSSR count). The van der Waals surface area contributed by atoms with E-state index in [1.54, 1.807) is 6.20 Å². The molecule has 180 valence electrons. The Labute approximate surface area is 219 Å². The van der Waals surface area contributed by atoms with Gasteiger partial charge in [0, 0.05) is 34.7 Å². The van der Waals surface area contributed by atoms with Crippen LogP contribution < -0.4 is 10.6 Å². The van der Waals surface area contributed by atoms with Gasteiger partial charge in [0.25, 0.3) is 0 Å². The van der Waals surface area contributed by atoms with Gasteiger partial charge in [0.1, 0.15) is 5.82 Å². The zero-order chi connectivity index (χ0) is 24.5. The minimum absolute atomic E-state index is 0.0931. The van der Waals surface area contributed by atoms with Crippen LogP contribution >= 0.6 is 22.6 Å². The lowest BCUT2D eigenvalue weighted by molar-refractivity contribution is -0.115. The van der Waals surface area contributed by atoms with Crippen LogP contribution in [0.3, 0.4) is 0 Å². The number of aliphatic hydroxyl groups excluding tert-OH is 1. The van der Waals surface area contributed by atoms with Crippen molar-refractivity contribution in [2.45, 2.75) is 25.5 Å². The smallest absolute Gasteiger partial charge is 0.231 e. The first-order valence-electron chi connectivity index (χ1n) is 11.6. The van der Waals surface area contributed by atoms with Gasteiger partial charge in [0.05, 0.1) is 12.5 Å². The Balaban J connectivity index is 1.22. The number of halogens is 1. The molecule has 0 saturated carbocycles. The first-order chi connectivity index (χ1) is 17.1.